The minimum Gasteiger partial charge on any atom is -0.273 e. The summed E-state index contributed by atoms with van der Waals surface area (Å²) in [5.74, 6) is 0. The Morgan fingerprint density at radius 1 is 0.583 bits per heavy atom. The zero-order chi connectivity index (χ0) is 17.9. The highest BCUT2D eigenvalue weighted by atomic mass is 14.6. The number of hydrogen-bond donors (Lipinski definition) is 0. The number of aryl methyl sites for hydroxylation is 3. The van der Waals surface area contributed by atoms with E-state index < -0.39 is 0 Å². The fourth-order valence-electron chi connectivity index (χ4n) is 1.52. The third-order valence-electron chi connectivity index (χ3n) is 2.95. The summed E-state index contributed by atoms with van der Waals surface area (Å²) in [6.45, 7) is 5.95. The molecule has 0 aliphatic heterocycles. The summed E-state index contributed by atoms with van der Waals surface area (Å²) in [6.07, 6.45) is 3.39. The van der Waals surface area contributed by atoms with Gasteiger partial charge < -0.3 is 0 Å². The van der Waals surface area contributed by atoms with Crippen LogP contribution in [0, 0.1) is 20.8 Å². The van der Waals surface area contributed by atoms with Crippen molar-refractivity contribution >= 4 is 40.1 Å². The largest absolute Gasteiger partial charge is 0.273 e. The van der Waals surface area contributed by atoms with E-state index in [1.54, 1.807) is 18.5 Å². The molecule has 2 aromatic heterocycles. The van der Waals surface area contributed by atoms with E-state index in [0.29, 0.717) is 5.59 Å². The third kappa shape index (κ3) is 8.99. The number of rotatable bonds is 0. The molecule has 0 aliphatic rings. The zero-order valence-electron chi connectivity index (χ0n) is 14.4. The highest BCUT2D eigenvalue weighted by Gasteiger charge is 1.82. The molecule has 0 unspecified atom stereocenters. The number of hydrogen-bond acceptors (Lipinski definition) is 2. The Morgan fingerprint density at radius 2 is 1.17 bits per heavy atom. The first kappa shape index (κ1) is 19.8. The van der Waals surface area contributed by atoms with Crippen molar-refractivity contribution in [2.24, 2.45) is 0 Å². The van der Waals surface area contributed by atoms with Crippen LogP contribution in [-0.2, 0) is 0 Å². The third-order valence-corrected chi connectivity index (χ3v) is 2.95. The fourth-order valence-corrected chi connectivity index (χ4v) is 1.52. The monoisotopic (exact) mass is 308 g/mol. The lowest BCUT2D eigenvalue weighted by molar-refractivity contribution is 1.21. The average Bonchev–Trinajstić information content (AvgIpc) is 2.57. The van der Waals surface area contributed by atoms with Crippen molar-refractivity contribution in [2.75, 3.05) is 0 Å². The van der Waals surface area contributed by atoms with E-state index in [2.05, 4.69) is 9.97 Å². The maximum absolute atomic E-state index is 5.43. The first-order valence-electron chi connectivity index (χ1n) is 7.55. The van der Waals surface area contributed by atoms with Crippen molar-refractivity contribution in [2.45, 2.75) is 20.8 Å². The van der Waals surface area contributed by atoms with Gasteiger partial charge in [-0.2, -0.15) is 0 Å². The van der Waals surface area contributed by atoms with Gasteiger partial charge in [-0.15, -0.1) is 0 Å². The minimum atomic E-state index is 0.579. The molecule has 6 radical (unpaired) electrons. The highest BCUT2D eigenvalue weighted by Crippen LogP contribution is 1.90. The smallest absolute Gasteiger partial charge is 0.141 e. The molecule has 0 N–H and O–H groups in total. The summed E-state index contributed by atoms with van der Waals surface area (Å²) in [5, 5.41) is 0. The van der Waals surface area contributed by atoms with E-state index in [-0.39, 0.29) is 0 Å². The Bertz CT molecular complexity index is 543. The molecule has 24 heavy (non-hydrogen) atoms. The first-order chi connectivity index (χ1) is 11.4. The second-order valence-corrected chi connectivity index (χ2v) is 5.40. The normalized spacial score (nSPS) is 9.12. The number of aromatic nitrogens is 2. The van der Waals surface area contributed by atoms with Crippen LogP contribution in [0.1, 0.15) is 16.8 Å². The molecule has 0 saturated carbocycles. The van der Waals surface area contributed by atoms with Gasteiger partial charge in [-0.3, -0.25) is 9.97 Å². The standard InChI is InChI=1S/C7H7B.2C6H6BN/c1-6-2-4-7(8)5-3-6;1-5-2-3-6(7)4-8-5;1-5-2-3-6(7)8-4-5/h2-5H,1H3;2*2-4H,1H3. The molecule has 0 bridgehead atoms. The molecule has 2 nitrogen and oxygen atoms in total. The molecule has 0 atom stereocenters. The van der Waals surface area contributed by atoms with Crippen molar-refractivity contribution in [3.05, 3.63) is 77.7 Å². The minimum absolute atomic E-state index is 0.579. The summed E-state index contributed by atoms with van der Waals surface area (Å²) in [4.78, 5) is 7.81. The molecule has 0 fully saturated rings. The second kappa shape index (κ2) is 10.5. The summed E-state index contributed by atoms with van der Waals surface area (Å²) in [7, 11) is 16.1. The van der Waals surface area contributed by atoms with Gasteiger partial charge >= 0.3 is 0 Å². The van der Waals surface area contributed by atoms with Gasteiger partial charge in [0.2, 0.25) is 0 Å². The Kier molecular flexibility index (Phi) is 8.63. The number of nitrogens with zero attached hydrogens (tertiary/aromatic N) is 2. The van der Waals surface area contributed by atoms with Crippen molar-refractivity contribution in [3.8, 4) is 0 Å². The van der Waals surface area contributed by atoms with Gasteiger partial charge in [0, 0.05) is 18.1 Å². The van der Waals surface area contributed by atoms with Gasteiger partial charge in [0.1, 0.15) is 23.5 Å². The van der Waals surface area contributed by atoms with Crippen LogP contribution < -0.4 is 16.5 Å². The molecular formula is C19H19B3N2. The van der Waals surface area contributed by atoms with Gasteiger partial charge in [0.25, 0.3) is 0 Å². The first-order valence-corrected chi connectivity index (χ1v) is 7.55. The van der Waals surface area contributed by atoms with Gasteiger partial charge in [0.15, 0.2) is 0 Å². The Hall–Kier alpha value is -2.29. The molecular weight excluding hydrogens is 289 g/mol. The molecule has 2 heterocycles. The van der Waals surface area contributed by atoms with Crippen molar-refractivity contribution < 1.29 is 0 Å². The predicted octanol–water partition coefficient (Wildman–Crippen LogP) is 1.16. The lowest BCUT2D eigenvalue weighted by Crippen LogP contribution is -2.05. The fraction of sp³-hybridized carbons (Fsp3) is 0.158. The molecule has 0 amide bonds. The molecule has 0 aliphatic carbocycles. The van der Waals surface area contributed by atoms with E-state index >= 15 is 0 Å². The van der Waals surface area contributed by atoms with Gasteiger partial charge in [-0.1, -0.05) is 59.0 Å². The van der Waals surface area contributed by atoms with Crippen LogP contribution in [0.25, 0.3) is 0 Å². The summed E-state index contributed by atoms with van der Waals surface area (Å²) >= 11 is 0. The van der Waals surface area contributed by atoms with E-state index in [0.717, 1.165) is 22.2 Å². The molecule has 0 spiro atoms. The van der Waals surface area contributed by atoms with Crippen LogP contribution in [-0.4, -0.2) is 33.5 Å². The maximum Gasteiger partial charge on any atom is 0.141 e. The Balaban J connectivity index is 0.000000180. The van der Waals surface area contributed by atoms with Crippen LogP contribution in [0.15, 0.2) is 60.9 Å². The molecule has 0 saturated heterocycles. The Labute approximate surface area is 149 Å². The van der Waals surface area contributed by atoms with Crippen LogP contribution in [0.3, 0.4) is 0 Å². The van der Waals surface area contributed by atoms with E-state index in [9.17, 15) is 0 Å². The van der Waals surface area contributed by atoms with E-state index in [4.69, 9.17) is 23.5 Å². The lowest BCUT2D eigenvalue weighted by atomic mass is 9.96. The number of benzene rings is 1. The van der Waals surface area contributed by atoms with Crippen molar-refractivity contribution in [3.63, 3.8) is 0 Å². The lowest BCUT2D eigenvalue weighted by Gasteiger charge is -1.90. The van der Waals surface area contributed by atoms with Gasteiger partial charge in [-0.25, -0.2) is 0 Å². The van der Waals surface area contributed by atoms with E-state index in [1.807, 2.05) is 63.2 Å². The van der Waals surface area contributed by atoms with Gasteiger partial charge in [-0.05, 0) is 38.0 Å². The average molecular weight is 308 g/mol. The zero-order valence-corrected chi connectivity index (χ0v) is 14.4. The predicted molar refractivity (Wildman–Crippen MR) is 105 cm³/mol. The van der Waals surface area contributed by atoms with Crippen LogP contribution in [0.5, 0.6) is 0 Å². The summed E-state index contributed by atoms with van der Waals surface area (Å²) in [6, 6.07) is 15.2. The molecule has 1 aromatic carbocycles. The van der Waals surface area contributed by atoms with Crippen molar-refractivity contribution in [1.29, 1.82) is 0 Å². The summed E-state index contributed by atoms with van der Waals surface area (Å²) < 4.78 is 0. The van der Waals surface area contributed by atoms with Crippen LogP contribution in [0.4, 0.5) is 0 Å². The highest BCUT2D eigenvalue weighted by molar-refractivity contribution is 6.32. The Morgan fingerprint density at radius 3 is 1.54 bits per heavy atom. The SMILES string of the molecule is [B]c1ccc(C)cc1.[B]c1ccc(C)cn1.[B]c1ccc(C)nc1. The maximum atomic E-state index is 5.43. The van der Waals surface area contributed by atoms with Crippen molar-refractivity contribution in [1.82, 2.24) is 9.97 Å². The molecule has 114 valence electrons. The molecule has 3 aromatic rings. The molecule has 5 heteroatoms. The van der Waals surface area contributed by atoms with Crippen LogP contribution in [0.2, 0.25) is 0 Å². The topological polar surface area (TPSA) is 25.8 Å². The van der Waals surface area contributed by atoms with E-state index in [1.165, 1.54) is 5.56 Å². The number of pyridine rings is 2. The van der Waals surface area contributed by atoms with Crippen LogP contribution >= 0.6 is 0 Å². The van der Waals surface area contributed by atoms with Gasteiger partial charge in [0.05, 0.1) is 0 Å². The molecule has 3 rings (SSSR count). The summed E-state index contributed by atoms with van der Waals surface area (Å²) in [5.41, 5.74) is 5.51. The second-order valence-electron chi connectivity index (χ2n) is 5.40. The quantitative estimate of drug-likeness (QED) is 0.583.